The van der Waals surface area contributed by atoms with Crippen LogP contribution in [0.1, 0.15) is 18.4 Å². The predicted octanol–water partition coefficient (Wildman–Crippen LogP) is 0.763. The lowest BCUT2D eigenvalue weighted by molar-refractivity contribution is 0.517. The molecule has 9 heteroatoms. The molecule has 1 aliphatic heterocycles. The van der Waals surface area contributed by atoms with Gasteiger partial charge in [-0.25, -0.2) is 21.6 Å². The zero-order chi connectivity index (χ0) is 15.7. The summed E-state index contributed by atoms with van der Waals surface area (Å²) in [5.41, 5.74) is 6.31. The molecule has 1 aromatic rings. The Kier molecular flexibility index (Phi) is 5.09. The summed E-state index contributed by atoms with van der Waals surface area (Å²) in [4.78, 5) is 0.0858. The van der Waals surface area contributed by atoms with Crippen LogP contribution in [0.4, 0.5) is 0 Å². The SMILES string of the molecule is NCc1ccc(S(=O)(=O)NC2CCCS(=O)(=O)C2)c(Br)c1. The molecule has 21 heavy (non-hydrogen) atoms. The topological polar surface area (TPSA) is 106 Å². The van der Waals surface area contributed by atoms with Gasteiger partial charge in [-0.2, -0.15) is 0 Å². The second-order valence-corrected chi connectivity index (χ2v) is 9.81. The van der Waals surface area contributed by atoms with Gasteiger partial charge >= 0.3 is 0 Å². The molecule has 3 N–H and O–H groups in total. The van der Waals surface area contributed by atoms with E-state index in [1.807, 2.05) is 0 Å². The third-order valence-electron chi connectivity index (χ3n) is 3.31. The van der Waals surface area contributed by atoms with Crippen molar-refractivity contribution in [3.63, 3.8) is 0 Å². The molecule has 1 atom stereocenters. The standard InChI is InChI=1S/C12H17BrN2O4S2/c13-11-6-9(7-14)3-4-12(11)21(18,19)15-10-2-1-5-20(16,17)8-10/h3-4,6,10,15H,1-2,5,7-8,14H2. The zero-order valence-corrected chi connectivity index (χ0v) is 14.5. The molecule has 1 aliphatic rings. The number of benzene rings is 1. The van der Waals surface area contributed by atoms with Crippen molar-refractivity contribution in [1.29, 1.82) is 0 Å². The maximum Gasteiger partial charge on any atom is 0.241 e. The predicted molar refractivity (Wildman–Crippen MR) is 84.0 cm³/mol. The lowest BCUT2D eigenvalue weighted by atomic mass is 10.2. The Morgan fingerprint density at radius 1 is 1.38 bits per heavy atom. The summed E-state index contributed by atoms with van der Waals surface area (Å²) in [5.74, 6) is -0.0230. The van der Waals surface area contributed by atoms with Gasteiger partial charge in [-0.15, -0.1) is 0 Å². The quantitative estimate of drug-likeness (QED) is 0.781. The van der Waals surface area contributed by atoms with Crippen LogP contribution < -0.4 is 10.5 Å². The molecule has 1 aromatic carbocycles. The second kappa shape index (κ2) is 6.33. The summed E-state index contributed by atoms with van der Waals surface area (Å²) in [6.45, 7) is 0.313. The molecule has 1 heterocycles. The van der Waals surface area contributed by atoms with Gasteiger partial charge in [-0.1, -0.05) is 6.07 Å². The zero-order valence-electron chi connectivity index (χ0n) is 11.2. The Morgan fingerprint density at radius 3 is 2.67 bits per heavy atom. The second-order valence-electron chi connectivity index (χ2n) is 5.04. The molecular formula is C12H17BrN2O4S2. The van der Waals surface area contributed by atoms with Crippen LogP contribution in [-0.2, 0) is 26.4 Å². The molecule has 0 spiro atoms. The van der Waals surface area contributed by atoms with Crippen molar-refractivity contribution in [3.8, 4) is 0 Å². The largest absolute Gasteiger partial charge is 0.326 e. The van der Waals surface area contributed by atoms with Crippen molar-refractivity contribution in [2.75, 3.05) is 11.5 Å². The molecular weight excluding hydrogens is 380 g/mol. The molecule has 118 valence electrons. The summed E-state index contributed by atoms with van der Waals surface area (Å²) < 4.78 is 50.8. The van der Waals surface area contributed by atoms with E-state index in [2.05, 4.69) is 20.7 Å². The highest BCUT2D eigenvalue weighted by Crippen LogP contribution is 2.24. The monoisotopic (exact) mass is 396 g/mol. The Balaban J connectivity index is 2.22. The van der Waals surface area contributed by atoms with Crippen LogP contribution in [0.3, 0.4) is 0 Å². The molecule has 1 fully saturated rings. The van der Waals surface area contributed by atoms with Crippen LogP contribution in [0.2, 0.25) is 0 Å². The van der Waals surface area contributed by atoms with Gasteiger partial charge in [-0.3, -0.25) is 0 Å². The Hall–Kier alpha value is -0.480. The third kappa shape index (κ3) is 4.26. The number of hydrogen-bond donors (Lipinski definition) is 2. The fourth-order valence-electron chi connectivity index (χ4n) is 2.29. The van der Waals surface area contributed by atoms with E-state index in [-0.39, 0.29) is 16.4 Å². The van der Waals surface area contributed by atoms with E-state index in [0.717, 1.165) is 5.56 Å². The van der Waals surface area contributed by atoms with Gasteiger partial charge in [0.05, 0.1) is 16.4 Å². The van der Waals surface area contributed by atoms with Crippen LogP contribution in [0.5, 0.6) is 0 Å². The maximum atomic E-state index is 12.4. The molecule has 1 unspecified atom stereocenters. The van der Waals surface area contributed by atoms with E-state index in [4.69, 9.17) is 5.73 Å². The van der Waals surface area contributed by atoms with Crippen LogP contribution in [0.25, 0.3) is 0 Å². The minimum atomic E-state index is -3.77. The first-order valence-corrected chi connectivity index (χ1v) is 10.5. The van der Waals surface area contributed by atoms with Crippen LogP contribution >= 0.6 is 15.9 Å². The average molecular weight is 397 g/mol. The molecule has 2 rings (SSSR count). The number of halogens is 1. The molecule has 0 aromatic heterocycles. The van der Waals surface area contributed by atoms with Gasteiger partial charge in [-0.05, 0) is 46.5 Å². The maximum absolute atomic E-state index is 12.4. The first-order chi connectivity index (χ1) is 9.73. The van der Waals surface area contributed by atoms with E-state index in [1.54, 1.807) is 12.1 Å². The highest BCUT2D eigenvalue weighted by atomic mass is 79.9. The van der Waals surface area contributed by atoms with Crippen LogP contribution in [-0.4, -0.2) is 34.4 Å². The number of sulfone groups is 1. The Labute approximate surface area is 133 Å². The molecule has 0 bridgehead atoms. The van der Waals surface area contributed by atoms with E-state index >= 15 is 0 Å². The number of rotatable bonds is 4. The first-order valence-electron chi connectivity index (χ1n) is 6.45. The summed E-state index contributed by atoms with van der Waals surface area (Å²) >= 11 is 3.22. The van der Waals surface area contributed by atoms with Crippen molar-refractivity contribution in [2.24, 2.45) is 5.73 Å². The van der Waals surface area contributed by atoms with Gasteiger partial charge in [0.2, 0.25) is 10.0 Å². The fourth-order valence-corrected chi connectivity index (χ4v) is 6.42. The average Bonchev–Trinajstić information content (AvgIpc) is 2.36. The van der Waals surface area contributed by atoms with Crippen molar-refractivity contribution < 1.29 is 16.8 Å². The highest BCUT2D eigenvalue weighted by Gasteiger charge is 2.29. The highest BCUT2D eigenvalue weighted by molar-refractivity contribution is 9.10. The number of nitrogens with two attached hydrogens (primary N) is 1. The number of nitrogens with one attached hydrogen (secondary N) is 1. The molecule has 0 radical (unpaired) electrons. The minimum Gasteiger partial charge on any atom is -0.326 e. The number of sulfonamides is 1. The molecule has 0 amide bonds. The summed E-state index contributed by atoms with van der Waals surface area (Å²) in [7, 11) is -6.93. The van der Waals surface area contributed by atoms with Crippen molar-refractivity contribution in [2.45, 2.75) is 30.3 Å². The van der Waals surface area contributed by atoms with Crippen LogP contribution in [0.15, 0.2) is 27.6 Å². The lowest BCUT2D eigenvalue weighted by Gasteiger charge is -2.23. The van der Waals surface area contributed by atoms with Crippen LogP contribution in [0, 0.1) is 0 Å². The van der Waals surface area contributed by atoms with Gasteiger partial charge < -0.3 is 5.73 Å². The van der Waals surface area contributed by atoms with Gasteiger partial charge in [0.1, 0.15) is 0 Å². The molecule has 0 saturated carbocycles. The Bertz CT molecular complexity index is 732. The molecule has 0 aliphatic carbocycles. The summed E-state index contributed by atoms with van der Waals surface area (Å²) in [6, 6.07) is 4.17. The minimum absolute atomic E-state index is 0.0858. The van der Waals surface area contributed by atoms with Crippen molar-refractivity contribution in [1.82, 2.24) is 4.72 Å². The lowest BCUT2D eigenvalue weighted by Crippen LogP contribution is -2.43. The van der Waals surface area contributed by atoms with Gasteiger partial charge in [0, 0.05) is 17.1 Å². The van der Waals surface area contributed by atoms with E-state index < -0.39 is 25.9 Å². The van der Waals surface area contributed by atoms with Crippen molar-refractivity contribution >= 4 is 35.8 Å². The summed E-state index contributed by atoms with van der Waals surface area (Å²) in [6.07, 6.45) is 1.000. The van der Waals surface area contributed by atoms with Crippen molar-refractivity contribution in [3.05, 3.63) is 28.2 Å². The van der Waals surface area contributed by atoms with E-state index in [1.165, 1.54) is 6.07 Å². The normalized spacial score (nSPS) is 22.1. The van der Waals surface area contributed by atoms with E-state index in [0.29, 0.717) is 23.9 Å². The third-order valence-corrected chi connectivity index (χ3v) is 7.62. The first kappa shape index (κ1) is 16.9. The molecule has 6 nitrogen and oxygen atoms in total. The number of hydrogen-bond acceptors (Lipinski definition) is 5. The van der Waals surface area contributed by atoms with Gasteiger partial charge in [0.15, 0.2) is 9.84 Å². The smallest absolute Gasteiger partial charge is 0.241 e. The summed E-state index contributed by atoms with van der Waals surface area (Å²) in [5, 5.41) is 0. The molecule has 1 saturated heterocycles. The Morgan fingerprint density at radius 2 is 2.10 bits per heavy atom. The van der Waals surface area contributed by atoms with Gasteiger partial charge in [0.25, 0.3) is 0 Å². The fraction of sp³-hybridized carbons (Fsp3) is 0.500. The van der Waals surface area contributed by atoms with E-state index in [9.17, 15) is 16.8 Å².